The van der Waals surface area contributed by atoms with Crippen molar-refractivity contribution in [3.05, 3.63) is 0 Å². The first-order valence-corrected chi connectivity index (χ1v) is 5.04. The van der Waals surface area contributed by atoms with Crippen LogP contribution in [-0.2, 0) is 9.59 Å². The van der Waals surface area contributed by atoms with Crippen LogP contribution < -0.4 is 22.1 Å². The van der Waals surface area contributed by atoms with E-state index in [9.17, 15) is 9.59 Å². The lowest BCUT2D eigenvalue weighted by molar-refractivity contribution is -0.123. The molecule has 0 aromatic heterocycles. The largest absolute Gasteiger partial charge is 0.370 e. The molecule has 0 saturated heterocycles. The fourth-order valence-corrected chi connectivity index (χ4v) is 1.02. The van der Waals surface area contributed by atoms with Crippen LogP contribution in [0.5, 0.6) is 0 Å². The molecule has 7 heteroatoms. The van der Waals surface area contributed by atoms with Crippen LogP contribution in [0.3, 0.4) is 0 Å². The summed E-state index contributed by atoms with van der Waals surface area (Å²) in [6.07, 6.45) is 1.84. The molecule has 0 fully saturated rings. The molecular formula is C9H19N5O2. The Morgan fingerprint density at radius 2 is 2.19 bits per heavy atom. The van der Waals surface area contributed by atoms with Gasteiger partial charge in [0.1, 0.15) is 6.29 Å². The van der Waals surface area contributed by atoms with Crippen molar-refractivity contribution >= 4 is 18.2 Å². The molecule has 0 aromatic carbocycles. The molecular weight excluding hydrogens is 210 g/mol. The molecule has 0 radical (unpaired) electrons. The number of hydrogen-bond acceptors (Lipinski definition) is 4. The molecule has 1 atom stereocenters. The van der Waals surface area contributed by atoms with E-state index in [0.717, 1.165) is 0 Å². The first-order valence-electron chi connectivity index (χ1n) is 5.04. The van der Waals surface area contributed by atoms with E-state index in [1.807, 2.05) is 0 Å². The standard InChI is InChI=1S/C9H19N5O2/c1-12-9(11)14-4-2-3-7(10)8(16)13-5-6-15/h6-7H,2-5,10H2,1H3,(H,13,16)(H3,11,12,14)/t7-/m0/s1. The predicted molar refractivity (Wildman–Crippen MR) is 61.8 cm³/mol. The molecule has 0 aromatic rings. The summed E-state index contributed by atoms with van der Waals surface area (Å²) in [5, 5.41) is 5.25. The number of aldehydes is 1. The SMILES string of the molecule is CN=C(N)NCCC[C@H](N)C(=O)NCC=O. The van der Waals surface area contributed by atoms with Crippen molar-refractivity contribution in [2.75, 3.05) is 20.1 Å². The Bertz CT molecular complexity index is 254. The number of amides is 1. The quantitative estimate of drug-likeness (QED) is 0.173. The molecule has 0 aliphatic rings. The Kier molecular flexibility index (Phi) is 7.78. The molecule has 0 unspecified atom stereocenters. The zero-order chi connectivity index (χ0) is 12.4. The van der Waals surface area contributed by atoms with Gasteiger partial charge >= 0.3 is 0 Å². The van der Waals surface area contributed by atoms with Crippen molar-refractivity contribution in [2.45, 2.75) is 18.9 Å². The Morgan fingerprint density at radius 3 is 2.75 bits per heavy atom. The number of hydrogen-bond donors (Lipinski definition) is 4. The maximum Gasteiger partial charge on any atom is 0.237 e. The summed E-state index contributed by atoms with van der Waals surface area (Å²) < 4.78 is 0. The fraction of sp³-hybridized carbons (Fsp3) is 0.667. The van der Waals surface area contributed by atoms with Gasteiger partial charge in [0.2, 0.25) is 5.91 Å². The van der Waals surface area contributed by atoms with Gasteiger partial charge in [-0.05, 0) is 12.8 Å². The van der Waals surface area contributed by atoms with Gasteiger partial charge in [-0.3, -0.25) is 9.79 Å². The number of rotatable bonds is 7. The third-order valence-electron chi connectivity index (χ3n) is 1.94. The molecule has 0 heterocycles. The highest BCUT2D eigenvalue weighted by molar-refractivity contribution is 5.83. The van der Waals surface area contributed by atoms with Crippen LogP contribution in [0.25, 0.3) is 0 Å². The van der Waals surface area contributed by atoms with E-state index in [-0.39, 0.29) is 12.5 Å². The van der Waals surface area contributed by atoms with Gasteiger partial charge in [-0.25, -0.2) is 0 Å². The first kappa shape index (κ1) is 14.4. The van der Waals surface area contributed by atoms with Gasteiger partial charge in [0.15, 0.2) is 5.96 Å². The topological polar surface area (TPSA) is 123 Å². The lowest BCUT2D eigenvalue weighted by Crippen LogP contribution is -2.42. The highest BCUT2D eigenvalue weighted by Crippen LogP contribution is 1.93. The fourth-order valence-electron chi connectivity index (χ4n) is 1.02. The second-order valence-corrected chi connectivity index (χ2v) is 3.20. The Balaban J connectivity index is 3.60. The molecule has 1 amide bonds. The minimum Gasteiger partial charge on any atom is -0.370 e. The van der Waals surface area contributed by atoms with E-state index < -0.39 is 6.04 Å². The third kappa shape index (κ3) is 6.77. The third-order valence-corrected chi connectivity index (χ3v) is 1.94. The molecule has 0 aliphatic heterocycles. The maximum atomic E-state index is 11.2. The number of aliphatic imine (C=N–C) groups is 1. The second-order valence-electron chi connectivity index (χ2n) is 3.20. The van der Waals surface area contributed by atoms with E-state index in [4.69, 9.17) is 11.5 Å². The molecule has 7 nitrogen and oxygen atoms in total. The highest BCUT2D eigenvalue weighted by Gasteiger charge is 2.11. The number of nitrogens with one attached hydrogen (secondary N) is 2. The van der Waals surface area contributed by atoms with Crippen molar-refractivity contribution in [1.82, 2.24) is 10.6 Å². The van der Waals surface area contributed by atoms with Crippen LogP contribution in [-0.4, -0.2) is 44.3 Å². The number of carbonyl (C=O) groups is 2. The zero-order valence-corrected chi connectivity index (χ0v) is 9.40. The van der Waals surface area contributed by atoms with Crippen molar-refractivity contribution < 1.29 is 9.59 Å². The Morgan fingerprint density at radius 1 is 1.50 bits per heavy atom. The number of nitrogens with zero attached hydrogens (tertiary/aromatic N) is 1. The number of carbonyl (C=O) groups excluding carboxylic acids is 2. The summed E-state index contributed by atoms with van der Waals surface area (Å²) in [5.41, 5.74) is 11.0. The molecule has 0 spiro atoms. The van der Waals surface area contributed by atoms with E-state index in [1.54, 1.807) is 7.05 Å². The zero-order valence-electron chi connectivity index (χ0n) is 9.40. The van der Waals surface area contributed by atoms with Crippen LogP contribution in [0.1, 0.15) is 12.8 Å². The van der Waals surface area contributed by atoms with Gasteiger partial charge in [-0.2, -0.15) is 0 Å². The van der Waals surface area contributed by atoms with Gasteiger partial charge < -0.3 is 26.9 Å². The number of nitrogens with two attached hydrogens (primary N) is 2. The average molecular weight is 229 g/mol. The van der Waals surface area contributed by atoms with E-state index in [0.29, 0.717) is 31.6 Å². The smallest absolute Gasteiger partial charge is 0.237 e. The minimum atomic E-state index is -0.596. The lowest BCUT2D eigenvalue weighted by Gasteiger charge is -2.11. The van der Waals surface area contributed by atoms with E-state index in [1.165, 1.54) is 0 Å². The van der Waals surface area contributed by atoms with Crippen molar-refractivity contribution in [1.29, 1.82) is 0 Å². The van der Waals surface area contributed by atoms with Crippen LogP contribution >= 0.6 is 0 Å². The van der Waals surface area contributed by atoms with Gasteiger partial charge in [0, 0.05) is 13.6 Å². The van der Waals surface area contributed by atoms with Crippen LogP contribution in [0.2, 0.25) is 0 Å². The van der Waals surface area contributed by atoms with Crippen LogP contribution in [0.4, 0.5) is 0 Å². The summed E-state index contributed by atoms with van der Waals surface area (Å²) >= 11 is 0. The van der Waals surface area contributed by atoms with Gasteiger partial charge in [0.05, 0.1) is 12.6 Å². The minimum absolute atomic E-state index is 0.000222. The predicted octanol–water partition coefficient (Wildman–Crippen LogP) is -2.06. The van der Waals surface area contributed by atoms with Gasteiger partial charge in [0.25, 0.3) is 0 Å². The summed E-state index contributed by atoms with van der Waals surface area (Å²) in [6.45, 7) is 0.609. The normalized spacial score (nSPS) is 13.0. The van der Waals surface area contributed by atoms with Gasteiger partial charge in [-0.1, -0.05) is 0 Å². The highest BCUT2D eigenvalue weighted by atomic mass is 16.2. The summed E-state index contributed by atoms with van der Waals surface area (Å²) in [4.78, 5) is 24.9. The van der Waals surface area contributed by atoms with E-state index in [2.05, 4.69) is 15.6 Å². The molecule has 0 aliphatic carbocycles. The van der Waals surface area contributed by atoms with Crippen molar-refractivity contribution in [3.63, 3.8) is 0 Å². The Hall–Kier alpha value is -1.63. The molecule has 16 heavy (non-hydrogen) atoms. The monoisotopic (exact) mass is 229 g/mol. The first-order chi connectivity index (χ1) is 7.61. The summed E-state index contributed by atoms with van der Waals surface area (Å²) in [7, 11) is 1.58. The average Bonchev–Trinajstić information content (AvgIpc) is 2.30. The van der Waals surface area contributed by atoms with Crippen molar-refractivity contribution in [3.8, 4) is 0 Å². The lowest BCUT2D eigenvalue weighted by atomic mass is 10.1. The maximum absolute atomic E-state index is 11.2. The second kappa shape index (κ2) is 8.66. The van der Waals surface area contributed by atoms with Crippen LogP contribution in [0, 0.1) is 0 Å². The molecule has 0 saturated carbocycles. The number of guanidine groups is 1. The van der Waals surface area contributed by atoms with Crippen molar-refractivity contribution in [2.24, 2.45) is 16.5 Å². The summed E-state index contributed by atoms with van der Waals surface area (Å²) in [6, 6.07) is -0.596. The molecule has 92 valence electrons. The molecule has 0 rings (SSSR count). The molecule has 6 N–H and O–H groups in total. The van der Waals surface area contributed by atoms with Gasteiger partial charge in [-0.15, -0.1) is 0 Å². The Labute approximate surface area is 94.7 Å². The summed E-state index contributed by atoms with van der Waals surface area (Å²) in [5.74, 6) is 0.0446. The van der Waals surface area contributed by atoms with Crippen LogP contribution in [0.15, 0.2) is 4.99 Å². The molecule has 0 bridgehead atoms. The van der Waals surface area contributed by atoms with E-state index >= 15 is 0 Å².